The van der Waals surface area contributed by atoms with Crippen LogP contribution in [0.3, 0.4) is 0 Å². The normalized spacial score (nSPS) is 35.4. The minimum absolute atomic E-state index is 0.0674. The molecule has 4 unspecified atom stereocenters. The average molecular weight is 395 g/mol. The van der Waals surface area contributed by atoms with Crippen molar-refractivity contribution in [2.24, 2.45) is 23.2 Å². The highest BCUT2D eigenvalue weighted by Gasteiger charge is 2.59. The van der Waals surface area contributed by atoms with E-state index in [1.54, 1.807) is 12.3 Å². The monoisotopic (exact) mass is 395 g/mol. The number of benzene rings is 1. The second kappa shape index (κ2) is 6.91. The van der Waals surface area contributed by atoms with Gasteiger partial charge in [-0.1, -0.05) is 13.0 Å². The predicted molar refractivity (Wildman–Crippen MR) is 108 cm³/mol. The molecule has 0 spiro atoms. The van der Waals surface area contributed by atoms with Crippen LogP contribution >= 0.6 is 0 Å². The Morgan fingerprint density at radius 1 is 1.31 bits per heavy atom. The van der Waals surface area contributed by atoms with E-state index in [-0.39, 0.29) is 17.2 Å². The van der Waals surface area contributed by atoms with E-state index in [1.165, 1.54) is 11.1 Å². The van der Waals surface area contributed by atoms with Crippen LogP contribution in [0.15, 0.2) is 41.0 Å². The summed E-state index contributed by atoms with van der Waals surface area (Å²) in [6.07, 6.45) is 5.73. The van der Waals surface area contributed by atoms with Crippen LogP contribution in [0.4, 0.5) is 0 Å². The molecule has 0 bridgehead atoms. The summed E-state index contributed by atoms with van der Waals surface area (Å²) in [4.78, 5) is 12.9. The molecule has 0 saturated heterocycles. The lowest BCUT2D eigenvalue weighted by molar-refractivity contribution is -0.129. The third-order valence-corrected chi connectivity index (χ3v) is 8.07. The maximum absolute atomic E-state index is 12.9. The van der Waals surface area contributed by atoms with Gasteiger partial charge in [0, 0.05) is 0 Å². The fourth-order valence-electron chi connectivity index (χ4n) is 6.56. The molecule has 5 nitrogen and oxygen atoms in total. The molecule has 3 N–H and O–H groups in total. The quantitative estimate of drug-likeness (QED) is 0.739. The Hall–Kier alpha value is -2.27. The summed E-state index contributed by atoms with van der Waals surface area (Å²) >= 11 is 0. The van der Waals surface area contributed by atoms with Gasteiger partial charge in [0.15, 0.2) is 0 Å². The van der Waals surface area contributed by atoms with E-state index in [1.807, 2.05) is 18.2 Å². The molecule has 1 heterocycles. The van der Waals surface area contributed by atoms with Gasteiger partial charge in [-0.15, -0.1) is 0 Å². The fourth-order valence-corrected chi connectivity index (χ4v) is 6.56. The minimum Gasteiger partial charge on any atom is -0.508 e. The first kappa shape index (κ1) is 18.7. The molecular weight excluding hydrogens is 366 g/mol. The van der Waals surface area contributed by atoms with E-state index in [2.05, 4.69) is 18.3 Å². The molecule has 2 fully saturated rings. The first-order valence-electron chi connectivity index (χ1n) is 10.8. The van der Waals surface area contributed by atoms with Crippen molar-refractivity contribution in [2.45, 2.75) is 57.6 Å². The van der Waals surface area contributed by atoms with Crippen LogP contribution in [-0.2, 0) is 17.8 Å². The van der Waals surface area contributed by atoms with Gasteiger partial charge in [-0.05, 0) is 90.7 Å². The second-order valence-corrected chi connectivity index (χ2v) is 9.43. The van der Waals surface area contributed by atoms with Gasteiger partial charge in [0.05, 0.1) is 24.8 Å². The Morgan fingerprint density at radius 2 is 2.17 bits per heavy atom. The molecular formula is C24H29NO4. The number of hydrogen-bond acceptors (Lipinski definition) is 4. The summed E-state index contributed by atoms with van der Waals surface area (Å²) in [5.74, 6) is 1.94. The van der Waals surface area contributed by atoms with Crippen LogP contribution in [0.25, 0.3) is 0 Å². The number of furan rings is 1. The largest absolute Gasteiger partial charge is 0.508 e. The van der Waals surface area contributed by atoms with Crippen LogP contribution in [0.5, 0.6) is 5.75 Å². The van der Waals surface area contributed by atoms with Gasteiger partial charge in [0.25, 0.3) is 0 Å². The van der Waals surface area contributed by atoms with E-state index < -0.39 is 6.10 Å². The van der Waals surface area contributed by atoms with Crippen molar-refractivity contribution in [3.05, 3.63) is 53.5 Å². The SMILES string of the molecule is C[C@]12CCC3c4ccc(O)cc4CCC3C1CC(C(=O)NCc1ccco1)[C@@H]2O. The van der Waals surface area contributed by atoms with Crippen molar-refractivity contribution in [1.29, 1.82) is 0 Å². The number of fused-ring (bicyclic) bond motifs is 5. The summed E-state index contributed by atoms with van der Waals surface area (Å²) in [7, 11) is 0. The minimum atomic E-state index is -0.605. The Morgan fingerprint density at radius 3 is 2.97 bits per heavy atom. The zero-order valence-corrected chi connectivity index (χ0v) is 16.8. The third-order valence-electron chi connectivity index (χ3n) is 8.07. The molecule has 5 heteroatoms. The highest BCUT2D eigenvalue weighted by atomic mass is 16.3. The van der Waals surface area contributed by atoms with Crippen LogP contribution in [0, 0.1) is 23.2 Å². The van der Waals surface area contributed by atoms with E-state index >= 15 is 0 Å². The molecule has 3 aliphatic rings. The third kappa shape index (κ3) is 2.98. The van der Waals surface area contributed by atoms with E-state index in [4.69, 9.17) is 4.42 Å². The molecule has 29 heavy (non-hydrogen) atoms. The summed E-state index contributed by atoms with van der Waals surface area (Å²) in [5.41, 5.74) is 2.42. The molecule has 1 amide bonds. The van der Waals surface area contributed by atoms with Crippen molar-refractivity contribution in [3.63, 3.8) is 0 Å². The molecule has 154 valence electrons. The summed E-state index contributed by atoms with van der Waals surface area (Å²) in [5, 5.41) is 24.0. The van der Waals surface area contributed by atoms with E-state index in [0.29, 0.717) is 30.0 Å². The molecule has 1 aromatic heterocycles. The number of hydrogen-bond donors (Lipinski definition) is 3. The van der Waals surface area contributed by atoms with Gasteiger partial charge in [-0.2, -0.15) is 0 Å². The van der Waals surface area contributed by atoms with Crippen LogP contribution in [0.1, 0.15) is 55.4 Å². The summed E-state index contributed by atoms with van der Waals surface area (Å²) in [6, 6.07) is 9.44. The fraction of sp³-hybridized carbons (Fsp3) is 0.542. The van der Waals surface area contributed by atoms with Gasteiger partial charge in [-0.3, -0.25) is 4.79 Å². The smallest absolute Gasteiger partial charge is 0.226 e. The maximum atomic E-state index is 12.9. The molecule has 2 saturated carbocycles. The molecule has 0 aliphatic heterocycles. The number of aromatic hydroxyl groups is 1. The Balaban J connectivity index is 1.36. The number of carbonyl (C=O) groups excluding carboxylic acids is 1. The van der Waals surface area contributed by atoms with Crippen LogP contribution < -0.4 is 5.32 Å². The van der Waals surface area contributed by atoms with Crippen molar-refractivity contribution in [2.75, 3.05) is 0 Å². The highest BCUT2D eigenvalue weighted by molar-refractivity contribution is 5.79. The van der Waals surface area contributed by atoms with Gasteiger partial charge < -0.3 is 19.9 Å². The number of aliphatic hydroxyl groups is 1. The van der Waals surface area contributed by atoms with Gasteiger partial charge >= 0.3 is 0 Å². The van der Waals surface area contributed by atoms with Crippen molar-refractivity contribution >= 4 is 5.91 Å². The van der Waals surface area contributed by atoms with Gasteiger partial charge in [0.1, 0.15) is 11.5 Å². The number of phenols is 1. The number of nitrogens with one attached hydrogen (secondary N) is 1. The molecule has 2 aromatic rings. The standard InChI is InChI=1S/C24H29NO4/c1-24-9-8-18-17-7-5-15(26)11-14(17)4-6-19(18)21(24)12-20(22(24)27)23(28)25-13-16-3-2-10-29-16/h2-3,5,7,10-11,18-22,26-27H,4,6,8-9,12-13H2,1H3,(H,25,28)/t18?,19?,20?,21?,22-,24-/m0/s1. The second-order valence-electron chi connectivity index (χ2n) is 9.43. The first-order valence-corrected chi connectivity index (χ1v) is 10.8. The Bertz CT molecular complexity index is 908. The number of aliphatic hydroxyl groups excluding tert-OH is 1. The lowest BCUT2D eigenvalue weighted by atomic mass is 9.55. The summed E-state index contributed by atoms with van der Waals surface area (Å²) in [6.45, 7) is 2.55. The predicted octanol–water partition coefficient (Wildman–Crippen LogP) is 3.74. The van der Waals surface area contributed by atoms with Crippen LogP contribution in [-0.4, -0.2) is 22.2 Å². The van der Waals surface area contributed by atoms with Crippen molar-refractivity contribution < 1.29 is 19.4 Å². The van der Waals surface area contributed by atoms with Crippen molar-refractivity contribution in [1.82, 2.24) is 5.32 Å². The average Bonchev–Trinajstić information content (AvgIpc) is 3.32. The molecule has 6 atom stereocenters. The Kier molecular flexibility index (Phi) is 4.46. The van der Waals surface area contributed by atoms with Gasteiger partial charge in [0.2, 0.25) is 5.91 Å². The van der Waals surface area contributed by atoms with Crippen molar-refractivity contribution in [3.8, 4) is 5.75 Å². The topological polar surface area (TPSA) is 82.7 Å². The zero-order chi connectivity index (χ0) is 20.2. The van der Waals surface area contributed by atoms with Gasteiger partial charge in [-0.25, -0.2) is 0 Å². The number of phenolic OH excluding ortho intramolecular Hbond substituents is 1. The zero-order valence-electron chi connectivity index (χ0n) is 16.8. The van der Waals surface area contributed by atoms with E-state index in [0.717, 1.165) is 37.9 Å². The first-order chi connectivity index (χ1) is 14.0. The van der Waals surface area contributed by atoms with Crippen LogP contribution in [0.2, 0.25) is 0 Å². The molecule has 0 radical (unpaired) electrons. The molecule has 3 aliphatic carbocycles. The lowest BCUT2D eigenvalue weighted by Crippen LogP contribution is -2.45. The Labute approximate surface area is 171 Å². The molecule has 1 aromatic carbocycles. The lowest BCUT2D eigenvalue weighted by Gasteiger charge is -2.50. The highest BCUT2D eigenvalue weighted by Crippen LogP contribution is 2.62. The molecule has 5 rings (SSSR count). The number of aryl methyl sites for hydroxylation is 1. The maximum Gasteiger partial charge on any atom is 0.226 e. The summed E-state index contributed by atoms with van der Waals surface area (Å²) < 4.78 is 5.31. The number of amides is 1. The number of rotatable bonds is 3. The number of carbonyl (C=O) groups is 1. The van der Waals surface area contributed by atoms with E-state index in [9.17, 15) is 15.0 Å².